The fraction of sp³-hybridized carbons (Fsp3) is 0.417. The molecule has 2 amide bonds. The molecule has 1 aliphatic rings. The van der Waals surface area contributed by atoms with Crippen molar-refractivity contribution in [3.63, 3.8) is 0 Å². The number of rotatable bonds is 9. The van der Waals surface area contributed by atoms with Crippen LogP contribution in [0.3, 0.4) is 0 Å². The van der Waals surface area contributed by atoms with Crippen LogP contribution in [-0.4, -0.2) is 34.6 Å². The molecule has 7 heteroatoms. The van der Waals surface area contributed by atoms with Crippen LogP contribution in [-0.2, 0) is 21.9 Å². The summed E-state index contributed by atoms with van der Waals surface area (Å²) < 4.78 is 13.8. The van der Waals surface area contributed by atoms with E-state index in [9.17, 15) is 14.0 Å². The van der Waals surface area contributed by atoms with Crippen LogP contribution in [0.5, 0.6) is 0 Å². The first-order valence-electron chi connectivity index (χ1n) is 10.6. The Bertz CT molecular complexity index is 887. The quantitative estimate of drug-likeness (QED) is 0.558. The van der Waals surface area contributed by atoms with Gasteiger partial charge in [-0.15, -0.1) is 11.8 Å². The van der Waals surface area contributed by atoms with Gasteiger partial charge in [0.05, 0.1) is 5.75 Å². The molecule has 0 heterocycles. The molecule has 4 nitrogen and oxygen atoms in total. The number of amides is 2. The van der Waals surface area contributed by atoms with Crippen molar-refractivity contribution in [3.8, 4) is 0 Å². The molecule has 0 spiro atoms. The maximum absolute atomic E-state index is 13.8. The van der Waals surface area contributed by atoms with Crippen molar-refractivity contribution in [2.24, 2.45) is 0 Å². The predicted molar refractivity (Wildman–Crippen MR) is 124 cm³/mol. The highest BCUT2D eigenvalue weighted by Crippen LogP contribution is 2.20. The molecule has 0 unspecified atom stereocenters. The summed E-state index contributed by atoms with van der Waals surface area (Å²) in [5, 5.41) is 3.71. The summed E-state index contributed by atoms with van der Waals surface area (Å²) in [5.74, 6) is 0.0159. The van der Waals surface area contributed by atoms with Crippen molar-refractivity contribution in [2.45, 2.75) is 57.0 Å². The normalized spacial score (nSPS) is 14.9. The molecule has 0 aromatic heterocycles. The maximum atomic E-state index is 13.8. The van der Waals surface area contributed by atoms with Crippen molar-refractivity contribution in [2.75, 3.05) is 5.75 Å². The van der Waals surface area contributed by atoms with Crippen LogP contribution in [0.15, 0.2) is 48.5 Å². The number of benzene rings is 2. The Hall–Kier alpha value is -2.05. The second-order valence-corrected chi connectivity index (χ2v) is 9.32. The average molecular weight is 463 g/mol. The lowest BCUT2D eigenvalue weighted by Crippen LogP contribution is -2.50. The summed E-state index contributed by atoms with van der Waals surface area (Å²) in [6.45, 7) is 2.08. The van der Waals surface area contributed by atoms with Gasteiger partial charge in [-0.05, 0) is 49.1 Å². The number of thioether (sulfide) groups is 1. The smallest absolute Gasteiger partial charge is 0.242 e. The van der Waals surface area contributed by atoms with Gasteiger partial charge in [0.15, 0.2) is 0 Å². The van der Waals surface area contributed by atoms with Crippen LogP contribution in [0.1, 0.15) is 43.7 Å². The first-order chi connectivity index (χ1) is 14.9. The van der Waals surface area contributed by atoms with E-state index in [1.165, 1.54) is 17.8 Å². The lowest BCUT2D eigenvalue weighted by Gasteiger charge is -2.29. The Morgan fingerprint density at radius 1 is 1.16 bits per heavy atom. The lowest BCUT2D eigenvalue weighted by molar-refractivity contribution is -0.138. The Labute approximate surface area is 192 Å². The number of nitrogens with one attached hydrogen (secondary N) is 1. The molecule has 1 aliphatic carbocycles. The van der Waals surface area contributed by atoms with Crippen LogP contribution < -0.4 is 5.32 Å². The van der Waals surface area contributed by atoms with Gasteiger partial charge < -0.3 is 10.2 Å². The molecule has 1 saturated carbocycles. The Kier molecular flexibility index (Phi) is 8.79. The molecular weight excluding hydrogens is 435 g/mol. The monoisotopic (exact) mass is 462 g/mol. The predicted octanol–water partition coefficient (Wildman–Crippen LogP) is 5.19. The summed E-state index contributed by atoms with van der Waals surface area (Å²) >= 11 is 7.33. The molecule has 3 rings (SSSR count). The van der Waals surface area contributed by atoms with E-state index in [1.807, 2.05) is 12.1 Å². The first kappa shape index (κ1) is 23.6. The van der Waals surface area contributed by atoms with E-state index < -0.39 is 6.04 Å². The third-order valence-electron chi connectivity index (χ3n) is 5.58. The third-order valence-corrected chi connectivity index (χ3v) is 6.79. The number of carbonyl (C=O) groups excluding carboxylic acids is 2. The molecule has 166 valence electrons. The summed E-state index contributed by atoms with van der Waals surface area (Å²) in [6, 6.07) is 13.4. The number of carbonyl (C=O) groups is 2. The van der Waals surface area contributed by atoms with E-state index >= 15 is 0 Å². The topological polar surface area (TPSA) is 49.4 Å². The highest BCUT2D eigenvalue weighted by Gasteiger charge is 2.28. The summed E-state index contributed by atoms with van der Waals surface area (Å²) in [5.41, 5.74) is 1.47. The van der Waals surface area contributed by atoms with E-state index in [2.05, 4.69) is 5.32 Å². The van der Waals surface area contributed by atoms with Gasteiger partial charge in [-0.3, -0.25) is 9.59 Å². The van der Waals surface area contributed by atoms with Gasteiger partial charge >= 0.3 is 0 Å². The molecule has 0 radical (unpaired) electrons. The fourth-order valence-corrected chi connectivity index (χ4v) is 4.73. The molecular formula is C24H28ClFN2O2S. The third kappa shape index (κ3) is 6.97. The Morgan fingerprint density at radius 2 is 1.84 bits per heavy atom. The largest absolute Gasteiger partial charge is 0.352 e. The number of halogens is 2. The van der Waals surface area contributed by atoms with Crippen LogP contribution in [0.2, 0.25) is 5.02 Å². The van der Waals surface area contributed by atoms with Crippen molar-refractivity contribution >= 4 is 35.2 Å². The van der Waals surface area contributed by atoms with Crippen LogP contribution in [0, 0.1) is 5.82 Å². The van der Waals surface area contributed by atoms with Gasteiger partial charge in [0.25, 0.3) is 0 Å². The van der Waals surface area contributed by atoms with Crippen molar-refractivity contribution in [3.05, 3.63) is 70.5 Å². The molecule has 2 aromatic rings. The molecule has 0 saturated heterocycles. The molecule has 0 aliphatic heterocycles. The van der Waals surface area contributed by atoms with Crippen LogP contribution in [0.4, 0.5) is 4.39 Å². The zero-order valence-corrected chi connectivity index (χ0v) is 19.2. The molecule has 1 atom stereocenters. The van der Waals surface area contributed by atoms with E-state index in [0.29, 0.717) is 22.9 Å². The summed E-state index contributed by atoms with van der Waals surface area (Å²) in [6.07, 6.45) is 4.23. The number of nitrogens with zero attached hydrogens (tertiary/aromatic N) is 1. The molecule has 1 N–H and O–H groups in total. The second-order valence-electron chi connectivity index (χ2n) is 7.90. The SMILES string of the molecule is C[C@H](C(=O)NC1CCCC1)N(Cc1ccc(Cl)cc1)C(=O)CSCc1ccccc1F. The minimum Gasteiger partial charge on any atom is -0.352 e. The minimum absolute atomic E-state index is 0.131. The van der Waals surface area contributed by atoms with Crippen molar-refractivity contribution < 1.29 is 14.0 Å². The van der Waals surface area contributed by atoms with Crippen LogP contribution >= 0.6 is 23.4 Å². The molecule has 1 fully saturated rings. The standard InChI is InChI=1S/C24H28ClFN2O2S/c1-17(24(30)27-21-7-3-4-8-21)28(14-18-10-12-20(25)13-11-18)23(29)16-31-15-19-6-2-5-9-22(19)26/h2,5-6,9-13,17,21H,3-4,7-8,14-16H2,1H3,(H,27,30)/t17-/m1/s1. The maximum Gasteiger partial charge on any atom is 0.242 e. The number of hydrogen-bond acceptors (Lipinski definition) is 3. The second kappa shape index (κ2) is 11.5. The minimum atomic E-state index is -0.599. The van der Waals surface area contributed by atoms with E-state index in [0.717, 1.165) is 31.2 Å². The van der Waals surface area contributed by atoms with Gasteiger partial charge in [-0.2, -0.15) is 0 Å². The van der Waals surface area contributed by atoms with E-state index in [4.69, 9.17) is 11.6 Å². The summed E-state index contributed by atoms with van der Waals surface area (Å²) in [4.78, 5) is 27.5. The molecule has 2 aromatic carbocycles. The average Bonchev–Trinajstić information content (AvgIpc) is 3.27. The van der Waals surface area contributed by atoms with Gasteiger partial charge in [0.2, 0.25) is 11.8 Å². The lowest BCUT2D eigenvalue weighted by atomic mass is 10.1. The van der Waals surface area contributed by atoms with E-state index in [1.54, 1.807) is 42.2 Å². The first-order valence-corrected chi connectivity index (χ1v) is 12.1. The zero-order chi connectivity index (χ0) is 22.2. The fourth-order valence-electron chi connectivity index (χ4n) is 3.71. The Morgan fingerprint density at radius 3 is 2.52 bits per heavy atom. The van der Waals surface area contributed by atoms with Crippen molar-refractivity contribution in [1.29, 1.82) is 0 Å². The van der Waals surface area contributed by atoms with Gasteiger partial charge in [-0.1, -0.05) is 54.8 Å². The molecule has 0 bridgehead atoms. The molecule has 31 heavy (non-hydrogen) atoms. The summed E-state index contributed by atoms with van der Waals surface area (Å²) in [7, 11) is 0. The van der Waals surface area contributed by atoms with Crippen molar-refractivity contribution in [1.82, 2.24) is 10.2 Å². The number of hydrogen-bond donors (Lipinski definition) is 1. The highest BCUT2D eigenvalue weighted by atomic mass is 35.5. The van der Waals surface area contributed by atoms with E-state index in [-0.39, 0.29) is 29.4 Å². The van der Waals surface area contributed by atoms with Gasteiger partial charge in [0.1, 0.15) is 11.9 Å². The zero-order valence-electron chi connectivity index (χ0n) is 17.7. The van der Waals surface area contributed by atoms with Gasteiger partial charge in [-0.25, -0.2) is 4.39 Å². The highest BCUT2D eigenvalue weighted by molar-refractivity contribution is 7.99. The van der Waals surface area contributed by atoms with Crippen LogP contribution in [0.25, 0.3) is 0 Å². The Balaban J connectivity index is 1.65. The van der Waals surface area contributed by atoms with Gasteiger partial charge in [0, 0.05) is 23.4 Å².